The van der Waals surface area contributed by atoms with Gasteiger partial charge in [0.1, 0.15) is 18.2 Å². The van der Waals surface area contributed by atoms with Gasteiger partial charge in [0.25, 0.3) is 0 Å². The normalized spacial score (nSPS) is 17.2. The Hall–Kier alpha value is -1.73. The van der Waals surface area contributed by atoms with E-state index in [-0.39, 0.29) is 10.9 Å². The molecule has 5 nitrogen and oxygen atoms in total. The molecule has 1 unspecified atom stereocenters. The summed E-state index contributed by atoms with van der Waals surface area (Å²) in [7, 11) is -1.78. The third kappa shape index (κ3) is 4.76. The molecule has 0 fully saturated rings. The lowest BCUT2D eigenvalue weighted by Crippen LogP contribution is -2.42. The third-order valence-electron chi connectivity index (χ3n) is 5.81. The minimum atomic E-state index is -1.78. The van der Waals surface area contributed by atoms with Crippen LogP contribution in [0.1, 0.15) is 31.9 Å². The van der Waals surface area contributed by atoms with E-state index in [2.05, 4.69) is 44.2 Å². The van der Waals surface area contributed by atoms with Crippen LogP contribution in [0.2, 0.25) is 18.1 Å². The Bertz CT molecular complexity index is 772. The molecule has 1 aromatic heterocycles. The summed E-state index contributed by atoms with van der Waals surface area (Å²) < 4.78 is 28.3. The van der Waals surface area contributed by atoms with Gasteiger partial charge in [0.2, 0.25) is 0 Å². The van der Waals surface area contributed by atoms with Crippen molar-refractivity contribution in [3.05, 3.63) is 41.5 Å². The minimum absolute atomic E-state index is 0.168. The molecule has 0 spiro atoms. The SMILES string of the molecule is CC(C)(C)[Si](C)(C)OCC1Cc2cc(OCCn3ccnn3)cc(F)c2C1. The molecule has 0 saturated heterocycles. The van der Waals surface area contributed by atoms with Crippen LogP contribution in [0.15, 0.2) is 24.5 Å². The highest BCUT2D eigenvalue weighted by molar-refractivity contribution is 6.74. The minimum Gasteiger partial charge on any atom is -0.492 e. The van der Waals surface area contributed by atoms with Gasteiger partial charge >= 0.3 is 0 Å². The van der Waals surface area contributed by atoms with Gasteiger partial charge in [0.15, 0.2) is 8.32 Å². The van der Waals surface area contributed by atoms with Gasteiger partial charge in [-0.25, -0.2) is 9.07 Å². The first kappa shape index (κ1) is 20.0. The second-order valence-electron chi connectivity index (χ2n) is 8.90. The molecule has 2 aromatic rings. The third-order valence-corrected chi connectivity index (χ3v) is 10.3. The van der Waals surface area contributed by atoms with Crippen molar-refractivity contribution in [2.45, 2.75) is 58.3 Å². The van der Waals surface area contributed by atoms with Crippen molar-refractivity contribution in [2.75, 3.05) is 13.2 Å². The first-order chi connectivity index (χ1) is 12.7. The number of halogens is 1. The van der Waals surface area contributed by atoms with Crippen molar-refractivity contribution in [2.24, 2.45) is 5.92 Å². The summed E-state index contributed by atoms with van der Waals surface area (Å²) >= 11 is 0. The molecule has 3 rings (SSSR count). The molecule has 1 atom stereocenters. The number of ether oxygens (including phenoxy) is 1. The number of benzene rings is 1. The van der Waals surface area contributed by atoms with Crippen LogP contribution in [-0.4, -0.2) is 36.5 Å². The van der Waals surface area contributed by atoms with Crippen LogP contribution < -0.4 is 4.74 Å². The van der Waals surface area contributed by atoms with E-state index in [0.29, 0.717) is 31.4 Å². The van der Waals surface area contributed by atoms with E-state index in [1.807, 2.05) is 6.07 Å². The van der Waals surface area contributed by atoms with E-state index < -0.39 is 8.32 Å². The molecule has 0 saturated carbocycles. The second kappa shape index (κ2) is 7.71. The predicted molar refractivity (Wildman–Crippen MR) is 106 cm³/mol. The van der Waals surface area contributed by atoms with E-state index in [1.54, 1.807) is 17.1 Å². The van der Waals surface area contributed by atoms with Crippen molar-refractivity contribution in [1.82, 2.24) is 15.0 Å². The standard InChI is InChI=1S/C20H30FN3O2Si/c1-20(2,3)27(4,5)26-14-15-10-16-12-17(13-19(21)18(16)11-15)25-9-8-24-7-6-22-23-24/h6-7,12-13,15H,8-11,14H2,1-5H3. The summed E-state index contributed by atoms with van der Waals surface area (Å²) in [4.78, 5) is 0. The van der Waals surface area contributed by atoms with Gasteiger partial charge in [-0.3, -0.25) is 0 Å². The van der Waals surface area contributed by atoms with Gasteiger partial charge in [-0.2, -0.15) is 0 Å². The monoisotopic (exact) mass is 391 g/mol. The molecule has 0 N–H and O–H groups in total. The van der Waals surface area contributed by atoms with Gasteiger partial charge in [0.05, 0.1) is 12.7 Å². The van der Waals surface area contributed by atoms with Crippen molar-refractivity contribution in [3.8, 4) is 5.75 Å². The lowest BCUT2D eigenvalue weighted by Gasteiger charge is -2.37. The number of fused-ring (bicyclic) bond motifs is 1. The zero-order valence-electron chi connectivity index (χ0n) is 17.0. The maximum Gasteiger partial charge on any atom is 0.191 e. The first-order valence-corrected chi connectivity index (χ1v) is 12.5. The molecule has 0 radical (unpaired) electrons. The number of hydrogen-bond acceptors (Lipinski definition) is 4. The molecule has 7 heteroatoms. The van der Waals surface area contributed by atoms with E-state index in [1.165, 1.54) is 6.07 Å². The fraction of sp³-hybridized carbons (Fsp3) is 0.600. The van der Waals surface area contributed by atoms with E-state index in [0.717, 1.165) is 24.0 Å². The molecule has 0 bridgehead atoms. The Morgan fingerprint density at radius 3 is 2.70 bits per heavy atom. The van der Waals surface area contributed by atoms with Gasteiger partial charge in [-0.1, -0.05) is 26.0 Å². The van der Waals surface area contributed by atoms with Crippen LogP contribution in [0.4, 0.5) is 4.39 Å². The largest absolute Gasteiger partial charge is 0.492 e. The van der Waals surface area contributed by atoms with Gasteiger partial charge in [-0.05, 0) is 54.1 Å². The quantitative estimate of drug-likeness (QED) is 0.663. The molecule has 0 amide bonds. The highest BCUT2D eigenvalue weighted by Crippen LogP contribution is 2.38. The van der Waals surface area contributed by atoms with Gasteiger partial charge in [0, 0.05) is 18.9 Å². The summed E-state index contributed by atoms with van der Waals surface area (Å²) in [6.07, 6.45) is 5.00. The molecule has 27 heavy (non-hydrogen) atoms. The number of nitrogens with zero attached hydrogens (tertiary/aromatic N) is 3. The molecule has 1 aliphatic rings. The average molecular weight is 392 g/mol. The fourth-order valence-corrected chi connectivity index (χ4v) is 4.19. The summed E-state index contributed by atoms with van der Waals surface area (Å²) in [5.74, 6) is 0.754. The number of rotatable bonds is 7. The van der Waals surface area contributed by atoms with Crippen LogP contribution in [0.25, 0.3) is 0 Å². The van der Waals surface area contributed by atoms with Crippen molar-refractivity contribution >= 4 is 8.32 Å². The zero-order valence-corrected chi connectivity index (χ0v) is 18.0. The lowest BCUT2D eigenvalue weighted by atomic mass is 10.1. The van der Waals surface area contributed by atoms with Gasteiger partial charge in [-0.15, -0.1) is 5.10 Å². The fourth-order valence-electron chi connectivity index (χ4n) is 3.10. The van der Waals surface area contributed by atoms with Crippen LogP contribution in [0.3, 0.4) is 0 Å². The average Bonchev–Trinajstić information content (AvgIpc) is 3.21. The Kier molecular flexibility index (Phi) is 5.72. The Morgan fingerprint density at radius 2 is 2.04 bits per heavy atom. The zero-order chi connectivity index (χ0) is 19.7. The summed E-state index contributed by atoms with van der Waals surface area (Å²) in [6.45, 7) is 13.0. The Labute approximate surface area is 162 Å². The number of aromatic nitrogens is 3. The van der Waals surface area contributed by atoms with Crippen molar-refractivity contribution < 1.29 is 13.6 Å². The first-order valence-electron chi connectivity index (χ1n) is 9.58. The smallest absolute Gasteiger partial charge is 0.191 e. The van der Waals surface area contributed by atoms with E-state index >= 15 is 0 Å². The molecular formula is C20H30FN3O2Si. The highest BCUT2D eigenvalue weighted by atomic mass is 28.4. The lowest BCUT2D eigenvalue weighted by molar-refractivity contribution is 0.232. The maximum absolute atomic E-state index is 14.5. The van der Waals surface area contributed by atoms with Crippen LogP contribution >= 0.6 is 0 Å². The number of hydrogen-bond donors (Lipinski definition) is 0. The highest BCUT2D eigenvalue weighted by Gasteiger charge is 2.38. The van der Waals surface area contributed by atoms with Crippen LogP contribution in [0, 0.1) is 11.7 Å². The van der Waals surface area contributed by atoms with Crippen LogP contribution in [-0.2, 0) is 23.8 Å². The van der Waals surface area contributed by atoms with E-state index in [4.69, 9.17) is 9.16 Å². The van der Waals surface area contributed by atoms with E-state index in [9.17, 15) is 4.39 Å². The summed E-state index contributed by atoms with van der Waals surface area (Å²) in [6, 6.07) is 3.48. The molecule has 1 aromatic carbocycles. The molecule has 1 aliphatic carbocycles. The molecule has 1 heterocycles. The second-order valence-corrected chi connectivity index (χ2v) is 13.7. The summed E-state index contributed by atoms with van der Waals surface area (Å²) in [5, 5.41) is 7.84. The van der Waals surface area contributed by atoms with Crippen molar-refractivity contribution in [3.63, 3.8) is 0 Å². The van der Waals surface area contributed by atoms with Crippen LogP contribution in [0.5, 0.6) is 5.75 Å². The molecule has 148 valence electrons. The Morgan fingerprint density at radius 1 is 1.26 bits per heavy atom. The van der Waals surface area contributed by atoms with Crippen molar-refractivity contribution in [1.29, 1.82) is 0 Å². The predicted octanol–water partition coefficient (Wildman–Crippen LogP) is 4.23. The topological polar surface area (TPSA) is 49.2 Å². The molecular weight excluding hydrogens is 361 g/mol. The molecule has 0 aliphatic heterocycles. The Balaban J connectivity index is 1.57. The maximum atomic E-state index is 14.5. The van der Waals surface area contributed by atoms with Gasteiger partial charge < -0.3 is 9.16 Å². The summed E-state index contributed by atoms with van der Waals surface area (Å²) in [5.41, 5.74) is 1.87.